The number of aliphatic hydroxyl groups excluding tert-OH is 2. The molecule has 0 bridgehead atoms. The summed E-state index contributed by atoms with van der Waals surface area (Å²) >= 11 is 0. The highest BCUT2D eigenvalue weighted by Gasteiger charge is 2.15. The normalized spacial score (nSPS) is 17.4. The van der Waals surface area contributed by atoms with E-state index in [-0.39, 0.29) is 6.42 Å². The molecule has 5 heteroatoms. The molecule has 0 unspecified atom stereocenters. The number of unbranched alkanes of at least 4 members (excludes halogenated alkanes) is 2. The van der Waals surface area contributed by atoms with Crippen molar-refractivity contribution in [2.24, 2.45) is 0 Å². The summed E-state index contributed by atoms with van der Waals surface area (Å²) in [6.45, 7) is 3.74. The molecule has 0 aromatic carbocycles. The van der Waals surface area contributed by atoms with Gasteiger partial charge in [-0.1, -0.05) is 74.8 Å². The molecule has 0 aliphatic rings. The van der Waals surface area contributed by atoms with Gasteiger partial charge in [0.25, 0.3) is 0 Å². The molecule has 148 valence electrons. The summed E-state index contributed by atoms with van der Waals surface area (Å²) in [6, 6.07) is 0. The van der Waals surface area contributed by atoms with Crippen LogP contribution in [0.2, 0.25) is 0 Å². The zero-order valence-electron chi connectivity index (χ0n) is 15.9. The van der Waals surface area contributed by atoms with Crippen molar-refractivity contribution in [3.05, 3.63) is 48.6 Å². The van der Waals surface area contributed by atoms with Gasteiger partial charge >= 0.3 is 5.97 Å². The number of hydrogen-bond acceptors (Lipinski definition) is 4. The molecule has 26 heavy (non-hydrogen) atoms. The Morgan fingerprint density at radius 1 is 1.00 bits per heavy atom. The van der Waals surface area contributed by atoms with Crippen molar-refractivity contribution >= 4 is 5.97 Å². The Morgan fingerprint density at radius 2 is 1.62 bits per heavy atom. The largest absolute Gasteiger partial charge is 0.481 e. The van der Waals surface area contributed by atoms with Crippen LogP contribution < -0.4 is 0 Å². The SMILES string of the molecule is CCCCC[C@H](O)[C@H](O)/C=C/C=C/C=C\C=C\[C@@](C)(O)CCCC(=O)O. The first-order valence-corrected chi connectivity index (χ1v) is 9.28. The molecule has 0 amide bonds. The van der Waals surface area contributed by atoms with Crippen molar-refractivity contribution in [2.75, 3.05) is 0 Å². The number of allylic oxidation sites excluding steroid dienone is 6. The summed E-state index contributed by atoms with van der Waals surface area (Å²) in [5.74, 6) is -0.860. The Bertz CT molecular complexity index is 489. The second kappa shape index (κ2) is 14.5. The van der Waals surface area contributed by atoms with E-state index >= 15 is 0 Å². The van der Waals surface area contributed by atoms with Crippen LogP contribution in [-0.2, 0) is 4.79 Å². The molecule has 0 aliphatic heterocycles. The molecular weight excluding hydrogens is 332 g/mol. The van der Waals surface area contributed by atoms with Crippen LogP contribution in [0, 0.1) is 0 Å². The first-order chi connectivity index (χ1) is 12.3. The number of carboxylic acids is 1. The van der Waals surface area contributed by atoms with Gasteiger partial charge < -0.3 is 20.4 Å². The van der Waals surface area contributed by atoms with Gasteiger partial charge in [-0.05, 0) is 26.2 Å². The predicted octanol–water partition coefficient (Wildman–Crippen LogP) is 3.52. The number of aliphatic hydroxyl groups is 3. The monoisotopic (exact) mass is 366 g/mol. The Hall–Kier alpha value is -1.69. The Balaban J connectivity index is 4.13. The van der Waals surface area contributed by atoms with Crippen LogP contribution in [0.15, 0.2) is 48.6 Å². The fraction of sp³-hybridized carbons (Fsp3) is 0.571. The number of hydrogen-bond donors (Lipinski definition) is 4. The van der Waals surface area contributed by atoms with E-state index in [2.05, 4.69) is 6.92 Å². The lowest BCUT2D eigenvalue weighted by Crippen LogP contribution is -2.23. The number of rotatable bonds is 14. The molecule has 0 fully saturated rings. The van der Waals surface area contributed by atoms with Crippen LogP contribution in [0.25, 0.3) is 0 Å². The highest BCUT2D eigenvalue weighted by molar-refractivity contribution is 5.66. The maximum absolute atomic E-state index is 10.5. The molecule has 0 rings (SSSR count). The maximum atomic E-state index is 10.5. The lowest BCUT2D eigenvalue weighted by Gasteiger charge is -2.17. The Kier molecular flexibility index (Phi) is 13.5. The third-order valence-corrected chi connectivity index (χ3v) is 3.89. The smallest absolute Gasteiger partial charge is 0.303 e. The molecule has 0 saturated heterocycles. The molecule has 0 aromatic heterocycles. The Labute approximate surface area is 157 Å². The third kappa shape index (κ3) is 14.6. The Morgan fingerprint density at radius 3 is 2.23 bits per heavy atom. The molecule has 0 spiro atoms. The van der Waals surface area contributed by atoms with Gasteiger partial charge in [-0.25, -0.2) is 0 Å². The van der Waals surface area contributed by atoms with Gasteiger partial charge in [0.15, 0.2) is 0 Å². The van der Waals surface area contributed by atoms with E-state index in [4.69, 9.17) is 5.11 Å². The van der Waals surface area contributed by atoms with Gasteiger partial charge in [-0.3, -0.25) is 4.79 Å². The van der Waals surface area contributed by atoms with Crippen molar-refractivity contribution in [3.63, 3.8) is 0 Å². The molecule has 0 aliphatic carbocycles. The van der Waals surface area contributed by atoms with E-state index in [1.165, 1.54) is 0 Å². The van der Waals surface area contributed by atoms with Crippen LogP contribution in [0.3, 0.4) is 0 Å². The standard InChI is InChI=1S/C21H34O5/c1-3-4-9-13-18(22)19(23)14-10-7-5-6-8-11-16-21(2,26)17-12-15-20(24)25/h5-8,10-11,14,16,18-19,22-23,26H,3-4,9,12-13,15,17H2,1-2H3,(H,24,25)/b7-5+,8-6-,14-10+,16-11+/t18-,19+,21+/m0/s1. The van der Waals surface area contributed by atoms with Crippen molar-refractivity contribution in [1.29, 1.82) is 0 Å². The summed E-state index contributed by atoms with van der Waals surface area (Å²) in [5, 5.41) is 38.2. The van der Waals surface area contributed by atoms with E-state index < -0.39 is 23.8 Å². The lowest BCUT2D eigenvalue weighted by molar-refractivity contribution is -0.137. The van der Waals surface area contributed by atoms with E-state index in [0.717, 1.165) is 19.3 Å². The number of aliphatic carboxylic acids is 1. The molecule has 0 saturated carbocycles. The minimum atomic E-state index is -1.03. The fourth-order valence-electron chi connectivity index (χ4n) is 2.28. The average molecular weight is 366 g/mol. The van der Waals surface area contributed by atoms with Gasteiger partial charge in [0, 0.05) is 6.42 Å². The van der Waals surface area contributed by atoms with Gasteiger partial charge in [0.1, 0.15) is 0 Å². The first kappa shape index (κ1) is 24.3. The van der Waals surface area contributed by atoms with Gasteiger partial charge in [-0.2, -0.15) is 0 Å². The summed E-state index contributed by atoms with van der Waals surface area (Å²) in [6.07, 6.45) is 16.6. The van der Waals surface area contributed by atoms with E-state index in [0.29, 0.717) is 19.3 Å². The quantitative estimate of drug-likeness (QED) is 0.278. The number of carboxylic acid groups (broad SMARTS) is 1. The zero-order chi connectivity index (χ0) is 19.8. The highest BCUT2D eigenvalue weighted by Crippen LogP contribution is 2.15. The third-order valence-electron chi connectivity index (χ3n) is 3.89. The van der Waals surface area contributed by atoms with Crippen LogP contribution in [0.5, 0.6) is 0 Å². The summed E-state index contributed by atoms with van der Waals surface area (Å²) in [4.78, 5) is 10.5. The summed E-state index contributed by atoms with van der Waals surface area (Å²) in [7, 11) is 0. The molecule has 0 aromatic rings. The van der Waals surface area contributed by atoms with Crippen molar-refractivity contribution in [2.45, 2.75) is 76.6 Å². The van der Waals surface area contributed by atoms with Crippen molar-refractivity contribution in [1.82, 2.24) is 0 Å². The molecule has 3 atom stereocenters. The van der Waals surface area contributed by atoms with Crippen molar-refractivity contribution in [3.8, 4) is 0 Å². The van der Waals surface area contributed by atoms with E-state index in [1.807, 2.05) is 0 Å². The number of carbonyl (C=O) groups is 1. The van der Waals surface area contributed by atoms with Gasteiger partial charge in [0.05, 0.1) is 17.8 Å². The second-order valence-corrected chi connectivity index (χ2v) is 6.67. The minimum Gasteiger partial charge on any atom is -0.481 e. The summed E-state index contributed by atoms with van der Waals surface area (Å²) < 4.78 is 0. The minimum absolute atomic E-state index is 0.0497. The van der Waals surface area contributed by atoms with Crippen molar-refractivity contribution < 1.29 is 25.2 Å². The van der Waals surface area contributed by atoms with Gasteiger partial charge in [-0.15, -0.1) is 0 Å². The average Bonchev–Trinajstić information content (AvgIpc) is 2.56. The molecule has 4 N–H and O–H groups in total. The van der Waals surface area contributed by atoms with Crippen LogP contribution in [-0.4, -0.2) is 44.2 Å². The fourth-order valence-corrected chi connectivity index (χ4v) is 2.28. The topological polar surface area (TPSA) is 98.0 Å². The zero-order valence-corrected chi connectivity index (χ0v) is 15.9. The first-order valence-electron chi connectivity index (χ1n) is 9.28. The molecular formula is C21H34O5. The van der Waals surface area contributed by atoms with Gasteiger partial charge in [0.2, 0.25) is 0 Å². The van der Waals surface area contributed by atoms with Crippen LogP contribution in [0.1, 0.15) is 58.8 Å². The van der Waals surface area contributed by atoms with Crippen LogP contribution >= 0.6 is 0 Å². The van der Waals surface area contributed by atoms with Crippen LogP contribution in [0.4, 0.5) is 0 Å². The maximum Gasteiger partial charge on any atom is 0.303 e. The lowest BCUT2D eigenvalue weighted by atomic mass is 9.98. The van der Waals surface area contributed by atoms with E-state index in [9.17, 15) is 20.1 Å². The molecule has 0 heterocycles. The summed E-state index contributed by atoms with van der Waals surface area (Å²) in [5.41, 5.74) is -1.03. The second-order valence-electron chi connectivity index (χ2n) is 6.67. The molecule has 0 radical (unpaired) electrons. The van der Waals surface area contributed by atoms with E-state index in [1.54, 1.807) is 55.5 Å². The predicted molar refractivity (Wildman–Crippen MR) is 105 cm³/mol. The molecule has 5 nitrogen and oxygen atoms in total. The highest BCUT2D eigenvalue weighted by atomic mass is 16.4.